The van der Waals surface area contributed by atoms with Gasteiger partial charge in [-0.15, -0.1) is 11.3 Å². The Morgan fingerprint density at radius 1 is 1.17 bits per heavy atom. The topological polar surface area (TPSA) is 66.4 Å². The molecule has 4 nitrogen and oxygen atoms in total. The Hall–Kier alpha value is -1.98. The van der Waals surface area contributed by atoms with Crippen LogP contribution >= 0.6 is 11.3 Å². The van der Waals surface area contributed by atoms with Crippen LogP contribution in [0.5, 0.6) is 0 Å². The molecular formula is C19H21NO3S. The number of ketones is 1. The molecule has 2 aromatic rings. The van der Waals surface area contributed by atoms with Gasteiger partial charge in [0, 0.05) is 12.8 Å². The first-order valence-electron chi connectivity index (χ1n) is 8.23. The summed E-state index contributed by atoms with van der Waals surface area (Å²) in [6, 6.07) is 11.4. The fraction of sp³-hybridized carbons (Fsp3) is 0.368. The van der Waals surface area contributed by atoms with Gasteiger partial charge in [0.15, 0.2) is 5.78 Å². The summed E-state index contributed by atoms with van der Waals surface area (Å²) >= 11 is 1.39. The second kappa shape index (κ2) is 7.28. The minimum atomic E-state index is -1.01. The molecule has 1 aliphatic rings. The van der Waals surface area contributed by atoms with Crippen LogP contribution in [0.2, 0.25) is 0 Å². The third-order valence-electron chi connectivity index (χ3n) is 4.51. The molecule has 0 aliphatic heterocycles. The van der Waals surface area contributed by atoms with Crippen molar-refractivity contribution >= 4 is 23.0 Å². The van der Waals surface area contributed by atoms with Crippen molar-refractivity contribution in [2.45, 2.75) is 37.7 Å². The largest absolute Gasteiger partial charge is 0.383 e. The quantitative estimate of drug-likeness (QED) is 0.792. The molecule has 24 heavy (non-hydrogen) atoms. The lowest BCUT2D eigenvalue weighted by molar-refractivity contribution is -0.122. The zero-order valence-corrected chi connectivity index (χ0v) is 14.3. The average molecular weight is 343 g/mol. The highest BCUT2D eigenvalue weighted by Crippen LogP contribution is 2.34. The molecule has 2 N–H and O–H groups in total. The number of nitrogens with one attached hydrogen (secondary N) is 1. The molecule has 1 amide bonds. The second-order valence-electron chi connectivity index (χ2n) is 6.22. The molecule has 0 saturated heterocycles. The van der Waals surface area contributed by atoms with Crippen molar-refractivity contribution in [1.29, 1.82) is 0 Å². The number of aryl methyl sites for hydroxylation is 1. The molecule has 0 bridgehead atoms. The van der Waals surface area contributed by atoms with E-state index in [1.54, 1.807) is 6.07 Å². The van der Waals surface area contributed by atoms with Crippen LogP contribution in [0.3, 0.4) is 0 Å². The number of hydrogen-bond donors (Lipinski definition) is 2. The first-order valence-corrected chi connectivity index (χ1v) is 9.11. The molecule has 1 atom stereocenters. The van der Waals surface area contributed by atoms with Crippen molar-refractivity contribution in [2.24, 2.45) is 0 Å². The fourth-order valence-corrected chi connectivity index (χ4v) is 3.90. The number of Topliss-reactive ketones (excluding diaryl/α,β-unsaturated/α-hetero) is 1. The van der Waals surface area contributed by atoms with E-state index < -0.39 is 5.60 Å². The number of hydrogen-bond acceptors (Lipinski definition) is 4. The van der Waals surface area contributed by atoms with Gasteiger partial charge in [-0.1, -0.05) is 30.3 Å². The van der Waals surface area contributed by atoms with Gasteiger partial charge in [0.2, 0.25) is 5.91 Å². The van der Waals surface area contributed by atoms with Gasteiger partial charge in [-0.25, -0.2) is 0 Å². The molecule has 0 spiro atoms. The Kier molecular flexibility index (Phi) is 5.11. The minimum absolute atomic E-state index is 0.0122. The van der Waals surface area contributed by atoms with Crippen molar-refractivity contribution in [3.8, 4) is 0 Å². The highest BCUT2D eigenvalue weighted by Gasteiger charge is 2.34. The monoisotopic (exact) mass is 343 g/mol. The molecule has 1 aromatic carbocycles. The lowest BCUT2D eigenvalue weighted by Gasteiger charge is -2.34. The van der Waals surface area contributed by atoms with Gasteiger partial charge in [-0.05, 0) is 41.8 Å². The molecule has 0 radical (unpaired) electrons. The van der Waals surface area contributed by atoms with Gasteiger partial charge < -0.3 is 10.4 Å². The second-order valence-corrected chi connectivity index (χ2v) is 7.17. The van der Waals surface area contributed by atoms with Crippen LogP contribution in [0, 0.1) is 0 Å². The minimum Gasteiger partial charge on any atom is -0.383 e. The average Bonchev–Trinajstić information content (AvgIpc) is 3.13. The van der Waals surface area contributed by atoms with Crippen molar-refractivity contribution in [3.05, 3.63) is 57.8 Å². The van der Waals surface area contributed by atoms with Crippen LogP contribution in [-0.2, 0) is 16.8 Å². The summed E-state index contributed by atoms with van der Waals surface area (Å²) in [6.45, 7) is 0.191. The molecule has 5 heteroatoms. The molecule has 0 unspecified atom stereocenters. The Morgan fingerprint density at radius 2 is 2.00 bits per heavy atom. The van der Waals surface area contributed by atoms with E-state index in [2.05, 4.69) is 5.32 Å². The van der Waals surface area contributed by atoms with E-state index in [0.29, 0.717) is 11.3 Å². The molecular weight excluding hydrogens is 322 g/mol. The lowest BCUT2D eigenvalue weighted by Crippen LogP contribution is -2.43. The molecule has 1 heterocycles. The Balaban J connectivity index is 1.54. The summed E-state index contributed by atoms with van der Waals surface area (Å²) in [7, 11) is 0. The fourth-order valence-electron chi connectivity index (χ4n) is 3.20. The SMILES string of the molecule is O=C(CCC(=O)c1cccs1)NC[C@]1(O)CCCc2ccccc21. The van der Waals surface area contributed by atoms with Gasteiger partial charge in [0.1, 0.15) is 5.60 Å². The van der Waals surface area contributed by atoms with Crippen LogP contribution in [0.1, 0.15) is 46.5 Å². The number of aliphatic hydroxyl groups is 1. The third-order valence-corrected chi connectivity index (χ3v) is 5.42. The predicted octanol–water partition coefficient (Wildman–Crippen LogP) is 3.05. The molecule has 1 aliphatic carbocycles. The summed E-state index contributed by atoms with van der Waals surface area (Å²) in [4.78, 5) is 24.6. The summed E-state index contributed by atoms with van der Waals surface area (Å²) in [5.41, 5.74) is 1.04. The van der Waals surface area contributed by atoms with Crippen molar-refractivity contribution in [2.75, 3.05) is 6.54 Å². The lowest BCUT2D eigenvalue weighted by atomic mass is 9.79. The number of benzene rings is 1. The van der Waals surface area contributed by atoms with Gasteiger partial charge >= 0.3 is 0 Å². The van der Waals surface area contributed by atoms with E-state index in [1.807, 2.05) is 35.7 Å². The number of rotatable bonds is 6. The van der Waals surface area contributed by atoms with Gasteiger partial charge in [0.25, 0.3) is 0 Å². The number of fused-ring (bicyclic) bond motifs is 1. The molecule has 0 fully saturated rings. The van der Waals surface area contributed by atoms with Gasteiger partial charge in [0.05, 0.1) is 11.4 Å². The van der Waals surface area contributed by atoms with Crippen LogP contribution in [0.25, 0.3) is 0 Å². The Labute approximate surface area is 145 Å². The van der Waals surface area contributed by atoms with E-state index in [9.17, 15) is 14.7 Å². The normalized spacial score (nSPS) is 19.5. The molecule has 0 saturated carbocycles. The Bertz CT molecular complexity index is 726. The first-order chi connectivity index (χ1) is 11.6. The summed E-state index contributed by atoms with van der Waals surface area (Å²) in [5.74, 6) is -0.210. The van der Waals surface area contributed by atoms with E-state index in [1.165, 1.54) is 11.3 Å². The smallest absolute Gasteiger partial charge is 0.220 e. The molecule has 126 valence electrons. The number of amides is 1. The number of thiophene rings is 1. The highest BCUT2D eigenvalue weighted by atomic mass is 32.1. The number of carbonyl (C=O) groups is 2. The summed E-state index contributed by atoms with van der Waals surface area (Å²) < 4.78 is 0. The first kappa shape index (κ1) is 16.9. The summed E-state index contributed by atoms with van der Waals surface area (Å²) in [6.07, 6.45) is 2.84. The van der Waals surface area contributed by atoms with Crippen molar-refractivity contribution in [1.82, 2.24) is 5.32 Å². The number of carbonyl (C=O) groups excluding carboxylic acids is 2. The standard InChI is InChI=1S/C19H21NO3S/c21-16(17-8-4-12-24-17)9-10-18(22)20-13-19(23)11-3-6-14-5-1-2-7-15(14)19/h1-2,4-5,7-8,12,23H,3,6,9-11,13H2,(H,20,22)/t19-/m1/s1. The van der Waals surface area contributed by atoms with E-state index >= 15 is 0 Å². The third kappa shape index (κ3) is 3.74. The Morgan fingerprint density at radius 3 is 2.79 bits per heavy atom. The molecule has 1 aromatic heterocycles. The van der Waals surface area contributed by atoms with Gasteiger partial charge in [-0.2, -0.15) is 0 Å². The van der Waals surface area contributed by atoms with Crippen molar-refractivity contribution < 1.29 is 14.7 Å². The maximum atomic E-state index is 12.0. The zero-order chi connectivity index (χ0) is 17.0. The highest BCUT2D eigenvalue weighted by molar-refractivity contribution is 7.12. The van der Waals surface area contributed by atoms with E-state index in [0.717, 1.165) is 24.0 Å². The summed E-state index contributed by atoms with van der Waals surface area (Å²) in [5, 5.41) is 15.6. The molecule has 3 rings (SSSR count). The van der Waals surface area contributed by atoms with E-state index in [-0.39, 0.29) is 31.1 Å². The van der Waals surface area contributed by atoms with Crippen LogP contribution in [0.15, 0.2) is 41.8 Å². The van der Waals surface area contributed by atoms with Crippen LogP contribution in [0.4, 0.5) is 0 Å². The predicted molar refractivity (Wildman–Crippen MR) is 94.2 cm³/mol. The van der Waals surface area contributed by atoms with Crippen LogP contribution in [-0.4, -0.2) is 23.3 Å². The maximum absolute atomic E-state index is 12.0. The van der Waals surface area contributed by atoms with Gasteiger partial charge in [-0.3, -0.25) is 9.59 Å². The maximum Gasteiger partial charge on any atom is 0.220 e. The van der Waals surface area contributed by atoms with E-state index in [4.69, 9.17) is 0 Å². The van der Waals surface area contributed by atoms with Crippen LogP contribution < -0.4 is 5.32 Å². The van der Waals surface area contributed by atoms with Crippen molar-refractivity contribution in [3.63, 3.8) is 0 Å². The zero-order valence-electron chi connectivity index (χ0n) is 13.5.